The number of carbonyl (C=O) groups is 1. The van der Waals surface area contributed by atoms with E-state index in [1.807, 2.05) is 12.1 Å². The van der Waals surface area contributed by atoms with Gasteiger partial charge in [-0.2, -0.15) is 0 Å². The third-order valence-electron chi connectivity index (χ3n) is 3.98. The number of hydrogen-bond acceptors (Lipinski definition) is 3. The second-order valence-corrected chi connectivity index (χ2v) is 5.49. The molecule has 0 atom stereocenters. The van der Waals surface area contributed by atoms with E-state index in [1.54, 1.807) is 12.1 Å². The van der Waals surface area contributed by atoms with E-state index in [4.69, 9.17) is 4.74 Å². The first kappa shape index (κ1) is 14.7. The van der Waals surface area contributed by atoms with Crippen molar-refractivity contribution in [3.8, 4) is 5.75 Å². The lowest BCUT2D eigenvalue weighted by atomic mass is 9.90. The molecule has 22 heavy (non-hydrogen) atoms. The van der Waals surface area contributed by atoms with Crippen molar-refractivity contribution in [2.45, 2.75) is 18.8 Å². The van der Waals surface area contributed by atoms with Gasteiger partial charge < -0.3 is 10.1 Å². The van der Waals surface area contributed by atoms with E-state index in [9.17, 15) is 9.18 Å². The van der Waals surface area contributed by atoms with E-state index in [2.05, 4.69) is 5.32 Å². The van der Waals surface area contributed by atoms with Gasteiger partial charge in [-0.05, 0) is 73.8 Å². The summed E-state index contributed by atoms with van der Waals surface area (Å²) in [6.45, 7) is 2.08. The van der Waals surface area contributed by atoms with Crippen molar-refractivity contribution in [1.82, 2.24) is 5.32 Å². The topological polar surface area (TPSA) is 38.3 Å². The highest BCUT2D eigenvalue weighted by Gasteiger charge is 2.16. The Morgan fingerprint density at radius 3 is 2.27 bits per heavy atom. The van der Waals surface area contributed by atoms with E-state index >= 15 is 0 Å². The van der Waals surface area contributed by atoms with Gasteiger partial charge in [0.1, 0.15) is 11.6 Å². The molecule has 0 amide bonds. The molecular formula is C18H18FNO2. The third-order valence-corrected chi connectivity index (χ3v) is 3.98. The van der Waals surface area contributed by atoms with Crippen LogP contribution in [0.4, 0.5) is 4.39 Å². The average Bonchev–Trinajstić information content (AvgIpc) is 2.58. The van der Waals surface area contributed by atoms with Crippen LogP contribution in [0.15, 0.2) is 48.5 Å². The Morgan fingerprint density at radius 1 is 1.00 bits per heavy atom. The summed E-state index contributed by atoms with van der Waals surface area (Å²) < 4.78 is 18.0. The molecule has 0 aromatic heterocycles. The zero-order valence-electron chi connectivity index (χ0n) is 12.2. The molecule has 0 unspecified atom stereocenters. The molecule has 114 valence electrons. The smallest absolute Gasteiger partial charge is 0.343 e. The van der Waals surface area contributed by atoms with E-state index in [-0.39, 0.29) is 5.82 Å². The molecule has 1 N–H and O–H groups in total. The lowest BCUT2D eigenvalue weighted by Gasteiger charge is -2.23. The predicted molar refractivity (Wildman–Crippen MR) is 82.6 cm³/mol. The standard InChI is InChI=1S/C18H18FNO2/c19-16-5-7-17(8-6-16)22-18(21)15-3-1-13(2-4-15)14-9-11-20-12-10-14/h1-8,14,20H,9-12H2. The number of ether oxygens (including phenoxy) is 1. The Morgan fingerprint density at radius 2 is 1.64 bits per heavy atom. The summed E-state index contributed by atoms with van der Waals surface area (Å²) in [5, 5.41) is 3.34. The minimum atomic E-state index is -0.427. The van der Waals surface area contributed by atoms with Crippen LogP contribution in [0, 0.1) is 5.82 Å². The maximum absolute atomic E-state index is 12.8. The van der Waals surface area contributed by atoms with Gasteiger partial charge >= 0.3 is 5.97 Å². The van der Waals surface area contributed by atoms with Gasteiger partial charge in [0, 0.05) is 0 Å². The molecule has 0 aliphatic carbocycles. The number of hydrogen-bond donors (Lipinski definition) is 1. The van der Waals surface area contributed by atoms with Gasteiger partial charge in [-0.15, -0.1) is 0 Å². The highest BCUT2D eigenvalue weighted by molar-refractivity contribution is 5.91. The number of benzene rings is 2. The molecule has 0 spiro atoms. The highest BCUT2D eigenvalue weighted by atomic mass is 19.1. The molecular weight excluding hydrogens is 281 g/mol. The molecule has 1 fully saturated rings. The molecule has 3 rings (SSSR count). The van der Waals surface area contributed by atoms with Crippen molar-refractivity contribution in [2.75, 3.05) is 13.1 Å². The summed E-state index contributed by atoms with van der Waals surface area (Å²) in [5.41, 5.74) is 1.77. The first-order chi connectivity index (χ1) is 10.7. The zero-order chi connectivity index (χ0) is 15.4. The van der Waals surface area contributed by atoms with Crippen molar-refractivity contribution < 1.29 is 13.9 Å². The van der Waals surface area contributed by atoms with Gasteiger partial charge in [0.05, 0.1) is 5.56 Å². The van der Waals surface area contributed by atoms with Crippen molar-refractivity contribution in [2.24, 2.45) is 0 Å². The van der Waals surface area contributed by atoms with Crippen molar-refractivity contribution in [3.05, 3.63) is 65.5 Å². The molecule has 2 aromatic rings. The summed E-state index contributed by atoms with van der Waals surface area (Å²) in [7, 11) is 0. The summed E-state index contributed by atoms with van der Waals surface area (Å²) >= 11 is 0. The summed E-state index contributed by atoms with van der Waals surface area (Å²) in [5.74, 6) is 0.117. The molecule has 0 radical (unpaired) electrons. The minimum Gasteiger partial charge on any atom is -0.423 e. The van der Waals surface area contributed by atoms with Gasteiger partial charge in [0.25, 0.3) is 0 Å². The molecule has 1 heterocycles. The Kier molecular flexibility index (Phi) is 4.49. The number of halogens is 1. The number of esters is 1. The second kappa shape index (κ2) is 6.71. The molecule has 2 aromatic carbocycles. The minimum absolute atomic E-state index is 0.342. The largest absolute Gasteiger partial charge is 0.423 e. The summed E-state index contributed by atoms with van der Waals surface area (Å²) in [6.07, 6.45) is 2.25. The summed E-state index contributed by atoms with van der Waals surface area (Å²) in [6, 6.07) is 13.0. The van der Waals surface area contributed by atoms with Crippen molar-refractivity contribution >= 4 is 5.97 Å². The Hall–Kier alpha value is -2.20. The lowest BCUT2D eigenvalue weighted by molar-refractivity contribution is 0.0734. The molecule has 0 saturated carbocycles. The van der Waals surface area contributed by atoms with E-state index in [1.165, 1.54) is 29.8 Å². The third kappa shape index (κ3) is 3.52. The van der Waals surface area contributed by atoms with Crippen LogP contribution in [0.25, 0.3) is 0 Å². The van der Waals surface area contributed by atoms with Gasteiger partial charge in [0.2, 0.25) is 0 Å². The Balaban J connectivity index is 1.66. The average molecular weight is 299 g/mol. The fraction of sp³-hybridized carbons (Fsp3) is 0.278. The molecule has 0 bridgehead atoms. The van der Waals surface area contributed by atoms with Gasteiger partial charge in [-0.25, -0.2) is 9.18 Å². The predicted octanol–water partition coefficient (Wildman–Crippen LogP) is 3.51. The van der Waals surface area contributed by atoms with Crippen LogP contribution >= 0.6 is 0 Å². The first-order valence-electron chi connectivity index (χ1n) is 7.51. The SMILES string of the molecule is O=C(Oc1ccc(F)cc1)c1ccc(C2CCNCC2)cc1. The maximum atomic E-state index is 12.8. The molecule has 4 heteroatoms. The second-order valence-electron chi connectivity index (χ2n) is 5.49. The first-order valence-corrected chi connectivity index (χ1v) is 7.51. The van der Waals surface area contributed by atoms with Crippen molar-refractivity contribution in [3.63, 3.8) is 0 Å². The number of rotatable bonds is 3. The molecule has 1 aliphatic rings. The summed E-state index contributed by atoms with van der Waals surface area (Å²) in [4.78, 5) is 12.1. The van der Waals surface area contributed by atoms with Crippen LogP contribution in [-0.2, 0) is 0 Å². The van der Waals surface area contributed by atoms with Gasteiger partial charge in [-0.3, -0.25) is 0 Å². The van der Waals surface area contributed by atoms with Crippen LogP contribution in [0.5, 0.6) is 5.75 Å². The van der Waals surface area contributed by atoms with E-state index in [0.717, 1.165) is 25.9 Å². The number of piperidine rings is 1. The van der Waals surface area contributed by atoms with Gasteiger partial charge in [-0.1, -0.05) is 12.1 Å². The van der Waals surface area contributed by atoms with Crippen LogP contribution in [0.3, 0.4) is 0 Å². The van der Waals surface area contributed by atoms with Crippen LogP contribution in [-0.4, -0.2) is 19.1 Å². The fourth-order valence-electron chi connectivity index (χ4n) is 2.72. The van der Waals surface area contributed by atoms with Crippen molar-refractivity contribution in [1.29, 1.82) is 0 Å². The van der Waals surface area contributed by atoms with Crippen LogP contribution in [0.1, 0.15) is 34.7 Å². The van der Waals surface area contributed by atoms with E-state index < -0.39 is 5.97 Å². The maximum Gasteiger partial charge on any atom is 0.343 e. The molecule has 1 saturated heterocycles. The highest BCUT2D eigenvalue weighted by Crippen LogP contribution is 2.25. The van der Waals surface area contributed by atoms with Crippen LogP contribution in [0.2, 0.25) is 0 Å². The Labute approximate surface area is 129 Å². The van der Waals surface area contributed by atoms with Gasteiger partial charge in [0.15, 0.2) is 0 Å². The zero-order valence-corrected chi connectivity index (χ0v) is 12.2. The molecule has 3 nitrogen and oxygen atoms in total. The normalized spacial score (nSPS) is 15.5. The molecule has 1 aliphatic heterocycles. The van der Waals surface area contributed by atoms with E-state index in [0.29, 0.717) is 17.2 Å². The Bertz CT molecular complexity index is 631. The fourth-order valence-corrected chi connectivity index (χ4v) is 2.72. The quantitative estimate of drug-likeness (QED) is 0.696. The monoisotopic (exact) mass is 299 g/mol. The van der Waals surface area contributed by atoms with Crippen LogP contribution < -0.4 is 10.1 Å². The number of nitrogens with one attached hydrogen (secondary N) is 1. The lowest BCUT2D eigenvalue weighted by Crippen LogP contribution is -2.26. The number of carbonyl (C=O) groups excluding carboxylic acids is 1.